The van der Waals surface area contributed by atoms with Gasteiger partial charge in [-0.15, -0.1) is 11.3 Å². The highest BCUT2D eigenvalue weighted by molar-refractivity contribution is 7.11. The van der Waals surface area contributed by atoms with Crippen LogP contribution in [0.2, 0.25) is 5.02 Å². The number of allylic oxidation sites excluding steroid dienone is 1. The summed E-state index contributed by atoms with van der Waals surface area (Å²) in [7, 11) is 0. The van der Waals surface area contributed by atoms with E-state index in [-0.39, 0.29) is 16.7 Å². The second-order valence-corrected chi connectivity index (χ2v) is 8.38. The predicted molar refractivity (Wildman–Crippen MR) is 115 cm³/mol. The van der Waals surface area contributed by atoms with Gasteiger partial charge in [-0.25, -0.2) is 19.0 Å². The fraction of sp³-hybridized carbons (Fsp3) is 0.333. The zero-order chi connectivity index (χ0) is 22.7. The van der Waals surface area contributed by atoms with Crippen LogP contribution in [-0.4, -0.2) is 35.0 Å². The maximum absolute atomic E-state index is 13.6. The lowest BCUT2D eigenvalue weighted by Crippen LogP contribution is -2.35. The van der Waals surface area contributed by atoms with Crippen LogP contribution in [0, 0.1) is 5.82 Å². The summed E-state index contributed by atoms with van der Waals surface area (Å²) >= 11 is 7.64. The lowest BCUT2D eigenvalue weighted by Gasteiger charge is -2.26. The number of aromatic nitrogens is 1. The highest BCUT2D eigenvalue weighted by Gasteiger charge is 2.34. The third-order valence-corrected chi connectivity index (χ3v) is 5.43. The molecule has 0 bridgehead atoms. The summed E-state index contributed by atoms with van der Waals surface area (Å²) in [5, 5.41) is 5.58. The molecule has 2 heterocycles. The zero-order valence-electron chi connectivity index (χ0n) is 17.3. The molecule has 164 valence electrons. The fourth-order valence-corrected chi connectivity index (χ4v) is 3.80. The number of rotatable bonds is 6. The zero-order valence-corrected chi connectivity index (χ0v) is 18.9. The Kier molecular flexibility index (Phi) is 7.07. The Morgan fingerprint density at radius 3 is 2.61 bits per heavy atom. The Morgan fingerprint density at radius 2 is 2.00 bits per heavy atom. The van der Waals surface area contributed by atoms with E-state index in [1.807, 2.05) is 0 Å². The topological polar surface area (TPSA) is 89.9 Å². The first-order chi connectivity index (χ1) is 14.7. The molecule has 0 unspecified atom stereocenters. The van der Waals surface area contributed by atoms with Crippen molar-refractivity contribution in [1.29, 1.82) is 0 Å². The quantitative estimate of drug-likeness (QED) is 0.643. The summed E-state index contributed by atoms with van der Waals surface area (Å²) in [6, 6.07) is 2.98. The van der Waals surface area contributed by atoms with Crippen LogP contribution in [0.1, 0.15) is 44.3 Å². The minimum absolute atomic E-state index is 0.111. The number of aliphatic imine (C=N–C) groups is 1. The van der Waals surface area contributed by atoms with Gasteiger partial charge in [0.05, 0.1) is 11.7 Å². The Hall–Kier alpha value is -2.78. The molecule has 0 aliphatic carbocycles. The molecular formula is C21H21ClFN3O4S. The lowest BCUT2D eigenvalue weighted by atomic mass is 9.96. The number of carbonyl (C=O) groups is 2. The molecule has 0 saturated heterocycles. The van der Waals surface area contributed by atoms with Gasteiger partial charge in [-0.3, -0.25) is 4.99 Å². The molecule has 2 atom stereocenters. The number of amidine groups is 1. The van der Waals surface area contributed by atoms with E-state index in [4.69, 9.17) is 21.1 Å². The number of hydrogen-bond donors (Lipinski definition) is 1. The molecule has 10 heteroatoms. The van der Waals surface area contributed by atoms with E-state index in [9.17, 15) is 14.0 Å². The number of halogens is 2. The van der Waals surface area contributed by atoms with Crippen LogP contribution in [0.15, 0.2) is 46.0 Å². The van der Waals surface area contributed by atoms with E-state index in [1.54, 1.807) is 32.3 Å². The fourth-order valence-electron chi connectivity index (χ4n) is 2.94. The van der Waals surface area contributed by atoms with Crippen LogP contribution < -0.4 is 5.32 Å². The molecule has 2 aromatic rings. The van der Waals surface area contributed by atoms with Gasteiger partial charge in [0.25, 0.3) is 0 Å². The highest BCUT2D eigenvalue weighted by atomic mass is 35.5. The van der Waals surface area contributed by atoms with Gasteiger partial charge >= 0.3 is 11.9 Å². The van der Waals surface area contributed by atoms with Crippen LogP contribution in [0.25, 0.3) is 0 Å². The van der Waals surface area contributed by atoms with Gasteiger partial charge < -0.3 is 14.8 Å². The number of benzene rings is 1. The van der Waals surface area contributed by atoms with Crippen molar-refractivity contribution in [2.75, 3.05) is 0 Å². The second kappa shape index (κ2) is 9.57. The molecule has 31 heavy (non-hydrogen) atoms. The van der Waals surface area contributed by atoms with Gasteiger partial charge in [0.15, 0.2) is 16.9 Å². The molecule has 1 N–H and O–H groups in total. The van der Waals surface area contributed by atoms with Crippen LogP contribution in [0.4, 0.5) is 4.39 Å². The van der Waals surface area contributed by atoms with Gasteiger partial charge in [-0.2, -0.15) is 0 Å². The monoisotopic (exact) mass is 465 g/mol. The van der Waals surface area contributed by atoms with Gasteiger partial charge in [0, 0.05) is 27.9 Å². The van der Waals surface area contributed by atoms with Crippen molar-refractivity contribution in [3.05, 3.63) is 62.5 Å². The van der Waals surface area contributed by atoms with Crippen molar-refractivity contribution in [3.63, 3.8) is 0 Å². The Morgan fingerprint density at radius 1 is 1.26 bits per heavy atom. The van der Waals surface area contributed by atoms with Crippen molar-refractivity contribution in [3.8, 4) is 0 Å². The number of esters is 2. The molecule has 1 aromatic carbocycles. The summed E-state index contributed by atoms with van der Waals surface area (Å²) in [6.45, 7) is 6.51. The molecule has 1 aromatic heterocycles. The number of hydrogen-bond acceptors (Lipinski definition) is 8. The summed E-state index contributed by atoms with van der Waals surface area (Å²) in [4.78, 5) is 34.0. The smallest absolute Gasteiger partial charge is 0.347 e. The lowest BCUT2D eigenvalue weighted by molar-refractivity contribution is -0.167. The van der Waals surface area contributed by atoms with Crippen LogP contribution in [0.5, 0.6) is 0 Å². The van der Waals surface area contributed by atoms with Crippen molar-refractivity contribution < 1.29 is 23.5 Å². The first kappa shape index (κ1) is 22.9. The summed E-state index contributed by atoms with van der Waals surface area (Å²) in [6.07, 6.45) is 0.167. The number of nitrogens with zero attached hydrogens (tertiary/aromatic N) is 2. The minimum atomic E-state index is -1.12. The molecular weight excluding hydrogens is 445 g/mol. The van der Waals surface area contributed by atoms with Crippen molar-refractivity contribution in [2.45, 2.75) is 45.9 Å². The van der Waals surface area contributed by atoms with Gasteiger partial charge in [0.1, 0.15) is 11.9 Å². The van der Waals surface area contributed by atoms with E-state index in [0.717, 1.165) is 6.07 Å². The van der Waals surface area contributed by atoms with Gasteiger partial charge in [-0.1, -0.05) is 17.7 Å². The molecule has 1 aliphatic heterocycles. The van der Waals surface area contributed by atoms with E-state index in [2.05, 4.69) is 15.3 Å². The third kappa shape index (κ3) is 5.29. The summed E-state index contributed by atoms with van der Waals surface area (Å²) < 4.78 is 24.1. The molecule has 0 spiro atoms. The van der Waals surface area contributed by atoms with E-state index in [1.165, 1.54) is 30.4 Å². The minimum Gasteiger partial charge on any atom is -0.460 e. The summed E-state index contributed by atoms with van der Waals surface area (Å²) in [5.74, 6) is -1.48. The third-order valence-electron chi connectivity index (χ3n) is 4.32. The predicted octanol–water partition coefficient (Wildman–Crippen LogP) is 4.18. The highest BCUT2D eigenvalue weighted by Crippen LogP contribution is 2.36. The first-order valence-electron chi connectivity index (χ1n) is 9.49. The second-order valence-electron chi connectivity index (χ2n) is 7.08. The van der Waals surface area contributed by atoms with Gasteiger partial charge in [-0.05, 0) is 39.8 Å². The molecule has 0 amide bonds. The van der Waals surface area contributed by atoms with Gasteiger partial charge in [0.2, 0.25) is 0 Å². The van der Waals surface area contributed by atoms with E-state index >= 15 is 0 Å². The van der Waals surface area contributed by atoms with Crippen molar-refractivity contribution in [2.24, 2.45) is 4.99 Å². The Balaban J connectivity index is 1.97. The van der Waals surface area contributed by atoms with Crippen molar-refractivity contribution in [1.82, 2.24) is 10.3 Å². The molecule has 7 nitrogen and oxygen atoms in total. The maximum Gasteiger partial charge on any atom is 0.347 e. The Labute approximate surface area is 187 Å². The Bertz CT molecular complexity index is 1050. The maximum atomic E-state index is 13.6. The average molecular weight is 466 g/mol. The number of carbonyl (C=O) groups excluding carboxylic acids is 2. The van der Waals surface area contributed by atoms with E-state index in [0.29, 0.717) is 22.1 Å². The van der Waals surface area contributed by atoms with Crippen molar-refractivity contribution >= 4 is 40.7 Å². The van der Waals surface area contributed by atoms with E-state index < -0.39 is 29.9 Å². The SMILES string of the molecule is CC1=C(C(=O)O[C@H](C)C(=O)OC(C)C)[C@@H](c2ccc(F)cc2Cl)N=C(c2nccs2)N1. The molecule has 3 rings (SSSR count). The summed E-state index contributed by atoms with van der Waals surface area (Å²) in [5.41, 5.74) is 1.03. The van der Waals surface area contributed by atoms with Crippen LogP contribution in [0.3, 0.4) is 0 Å². The molecule has 0 radical (unpaired) electrons. The molecule has 0 fully saturated rings. The standard InChI is InChI=1S/C21H21ClFN3O4S/c1-10(2)29-20(27)12(4)30-21(28)16-11(3)25-18(19-24-7-8-31-19)26-17(16)14-6-5-13(23)9-15(14)22/h5-10,12,17H,1-4H3,(H,25,26)/t12-,17-/m1/s1. The molecule has 1 aliphatic rings. The molecule has 0 saturated carbocycles. The first-order valence-corrected chi connectivity index (χ1v) is 10.7. The number of nitrogens with one attached hydrogen (secondary N) is 1. The van der Waals surface area contributed by atoms with Crippen LogP contribution >= 0.6 is 22.9 Å². The normalized spacial score (nSPS) is 17.1. The number of thiazole rings is 1. The number of ether oxygens (including phenoxy) is 2. The average Bonchev–Trinajstić information content (AvgIpc) is 3.21. The largest absolute Gasteiger partial charge is 0.460 e. The van der Waals surface area contributed by atoms with Crippen LogP contribution in [-0.2, 0) is 19.1 Å².